The fraction of sp³-hybridized carbons (Fsp3) is 0.333. The predicted molar refractivity (Wildman–Crippen MR) is 66.0 cm³/mol. The molecule has 0 heterocycles. The van der Waals surface area contributed by atoms with E-state index in [0.29, 0.717) is 0 Å². The summed E-state index contributed by atoms with van der Waals surface area (Å²) in [5.41, 5.74) is 2.44. The van der Waals surface area contributed by atoms with E-state index in [4.69, 9.17) is 4.74 Å². The molecule has 0 unspecified atom stereocenters. The van der Waals surface area contributed by atoms with Crippen LogP contribution >= 0.6 is 47.8 Å². The molecule has 0 amide bonds. The SMILES string of the molecule is COc1cc(Br)cc(CBr)c1CBr. The first-order valence-electron chi connectivity index (χ1n) is 3.70. The summed E-state index contributed by atoms with van der Waals surface area (Å²) >= 11 is 10.3. The van der Waals surface area contributed by atoms with Gasteiger partial charge in [0.2, 0.25) is 0 Å². The number of ether oxygens (including phenoxy) is 1. The van der Waals surface area contributed by atoms with Crippen LogP contribution in [0.2, 0.25) is 0 Å². The van der Waals surface area contributed by atoms with Gasteiger partial charge in [0.1, 0.15) is 5.75 Å². The van der Waals surface area contributed by atoms with E-state index in [2.05, 4.69) is 53.9 Å². The fourth-order valence-electron chi connectivity index (χ4n) is 1.12. The molecule has 1 aromatic carbocycles. The van der Waals surface area contributed by atoms with Crippen molar-refractivity contribution in [2.75, 3.05) is 7.11 Å². The molecular weight excluding hydrogens is 364 g/mol. The lowest BCUT2D eigenvalue weighted by Crippen LogP contribution is -1.94. The van der Waals surface area contributed by atoms with Gasteiger partial charge < -0.3 is 4.74 Å². The van der Waals surface area contributed by atoms with Crippen molar-refractivity contribution in [2.24, 2.45) is 0 Å². The predicted octanol–water partition coefficient (Wildman–Crippen LogP) is 4.25. The van der Waals surface area contributed by atoms with Gasteiger partial charge in [-0.15, -0.1) is 0 Å². The van der Waals surface area contributed by atoms with Crippen molar-refractivity contribution >= 4 is 47.8 Å². The van der Waals surface area contributed by atoms with Crippen molar-refractivity contribution in [1.82, 2.24) is 0 Å². The monoisotopic (exact) mass is 370 g/mol. The minimum atomic E-state index is 0.810. The maximum atomic E-state index is 5.28. The van der Waals surface area contributed by atoms with E-state index < -0.39 is 0 Å². The highest BCUT2D eigenvalue weighted by atomic mass is 79.9. The van der Waals surface area contributed by atoms with Crippen molar-refractivity contribution in [2.45, 2.75) is 10.7 Å². The topological polar surface area (TPSA) is 9.23 Å². The van der Waals surface area contributed by atoms with Gasteiger partial charge in [-0.3, -0.25) is 0 Å². The number of halogens is 3. The summed E-state index contributed by atoms with van der Waals surface area (Å²) in [6.07, 6.45) is 0. The highest BCUT2D eigenvalue weighted by molar-refractivity contribution is 9.10. The second-order valence-electron chi connectivity index (χ2n) is 2.51. The first kappa shape index (κ1) is 11.5. The molecule has 1 rings (SSSR count). The lowest BCUT2D eigenvalue weighted by Gasteiger charge is -2.10. The Hall–Kier alpha value is 0.460. The normalized spacial score (nSPS) is 10.2. The molecule has 72 valence electrons. The van der Waals surface area contributed by atoms with Crippen molar-refractivity contribution in [3.63, 3.8) is 0 Å². The van der Waals surface area contributed by atoms with Crippen LogP contribution in [0.15, 0.2) is 16.6 Å². The highest BCUT2D eigenvalue weighted by Gasteiger charge is 2.08. The molecule has 0 fully saturated rings. The first-order chi connectivity index (χ1) is 6.22. The Labute approximate surface area is 103 Å². The Bertz CT molecular complexity index is 274. The van der Waals surface area contributed by atoms with Crippen molar-refractivity contribution in [1.29, 1.82) is 0 Å². The van der Waals surface area contributed by atoms with Crippen LogP contribution in [-0.4, -0.2) is 7.11 Å². The molecule has 0 atom stereocenters. The van der Waals surface area contributed by atoms with E-state index in [0.717, 1.165) is 20.9 Å². The average Bonchev–Trinajstić information content (AvgIpc) is 2.16. The third-order valence-corrected chi connectivity index (χ3v) is 3.39. The molecule has 0 bridgehead atoms. The van der Waals surface area contributed by atoms with Gasteiger partial charge in [-0.2, -0.15) is 0 Å². The Kier molecular flexibility index (Phi) is 4.76. The van der Waals surface area contributed by atoms with Gasteiger partial charge in [0.15, 0.2) is 0 Å². The number of rotatable bonds is 3. The standard InChI is InChI=1S/C9H9Br3O/c1-13-9-3-7(12)2-6(4-10)8(9)5-11/h2-3H,4-5H2,1H3. The number of methoxy groups -OCH3 is 1. The molecular formula is C9H9Br3O. The summed E-state index contributed by atoms with van der Waals surface area (Å²) in [6, 6.07) is 4.07. The summed E-state index contributed by atoms with van der Waals surface area (Å²) in [7, 11) is 1.69. The molecule has 1 nitrogen and oxygen atoms in total. The highest BCUT2D eigenvalue weighted by Crippen LogP contribution is 2.30. The number of hydrogen-bond acceptors (Lipinski definition) is 1. The molecule has 0 aliphatic carbocycles. The fourth-order valence-corrected chi connectivity index (χ4v) is 2.74. The van der Waals surface area contributed by atoms with E-state index in [-0.39, 0.29) is 0 Å². The molecule has 0 saturated carbocycles. The third-order valence-electron chi connectivity index (χ3n) is 1.76. The van der Waals surface area contributed by atoms with Crippen LogP contribution in [0.3, 0.4) is 0 Å². The molecule has 0 aliphatic heterocycles. The average molecular weight is 373 g/mol. The number of benzene rings is 1. The number of alkyl halides is 2. The summed E-state index contributed by atoms with van der Waals surface area (Å²) in [6.45, 7) is 0. The van der Waals surface area contributed by atoms with Gasteiger partial charge in [-0.25, -0.2) is 0 Å². The quantitative estimate of drug-likeness (QED) is 0.721. The first-order valence-corrected chi connectivity index (χ1v) is 6.73. The summed E-state index contributed by atoms with van der Waals surface area (Å²) in [5, 5.41) is 1.65. The van der Waals surface area contributed by atoms with Crippen molar-refractivity contribution < 1.29 is 4.74 Å². The van der Waals surface area contributed by atoms with E-state index in [1.807, 2.05) is 6.07 Å². The zero-order valence-electron chi connectivity index (χ0n) is 7.11. The van der Waals surface area contributed by atoms with Crippen LogP contribution in [0.25, 0.3) is 0 Å². The minimum absolute atomic E-state index is 0.810. The van der Waals surface area contributed by atoms with Crippen molar-refractivity contribution in [3.8, 4) is 5.75 Å². The summed E-state index contributed by atoms with van der Waals surface area (Å²) in [4.78, 5) is 0. The van der Waals surface area contributed by atoms with Crippen LogP contribution in [0.1, 0.15) is 11.1 Å². The van der Waals surface area contributed by atoms with Crippen LogP contribution < -0.4 is 4.74 Å². The minimum Gasteiger partial charge on any atom is -0.496 e. The van der Waals surface area contributed by atoms with Gasteiger partial charge in [-0.1, -0.05) is 47.8 Å². The molecule has 13 heavy (non-hydrogen) atoms. The van der Waals surface area contributed by atoms with Gasteiger partial charge >= 0.3 is 0 Å². The molecule has 1 aromatic rings. The smallest absolute Gasteiger partial charge is 0.124 e. The second kappa shape index (κ2) is 5.37. The summed E-state index contributed by atoms with van der Waals surface area (Å²) < 4.78 is 6.32. The Morgan fingerprint density at radius 1 is 1.23 bits per heavy atom. The molecule has 0 saturated heterocycles. The van der Waals surface area contributed by atoms with E-state index >= 15 is 0 Å². The molecule has 4 heteroatoms. The van der Waals surface area contributed by atoms with Crippen LogP contribution in [-0.2, 0) is 10.7 Å². The van der Waals surface area contributed by atoms with Crippen molar-refractivity contribution in [3.05, 3.63) is 27.7 Å². The second-order valence-corrected chi connectivity index (χ2v) is 4.55. The molecule has 0 radical (unpaired) electrons. The lowest BCUT2D eigenvalue weighted by molar-refractivity contribution is 0.410. The zero-order valence-corrected chi connectivity index (χ0v) is 11.9. The number of hydrogen-bond donors (Lipinski definition) is 0. The van der Waals surface area contributed by atoms with E-state index in [1.165, 1.54) is 11.1 Å². The largest absolute Gasteiger partial charge is 0.496 e. The molecule has 0 N–H and O–H groups in total. The maximum absolute atomic E-state index is 5.28. The zero-order chi connectivity index (χ0) is 9.84. The maximum Gasteiger partial charge on any atom is 0.124 e. The van der Waals surface area contributed by atoms with Gasteiger partial charge in [0.25, 0.3) is 0 Å². The van der Waals surface area contributed by atoms with Crippen LogP contribution in [0.5, 0.6) is 5.75 Å². The van der Waals surface area contributed by atoms with Crippen LogP contribution in [0, 0.1) is 0 Å². The van der Waals surface area contributed by atoms with Gasteiger partial charge in [0.05, 0.1) is 7.11 Å². The van der Waals surface area contributed by atoms with Gasteiger partial charge in [-0.05, 0) is 17.7 Å². The van der Waals surface area contributed by atoms with E-state index in [1.54, 1.807) is 7.11 Å². The molecule has 0 aliphatic rings. The van der Waals surface area contributed by atoms with Crippen LogP contribution in [0.4, 0.5) is 0 Å². The van der Waals surface area contributed by atoms with Gasteiger partial charge in [0, 0.05) is 20.7 Å². The van der Waals surface area contributed by atoms with E-state index in [9.17, 15) is 0 Å². The third kappa shape index (κ3) is 2.70. The Morgan fingerprint density at radius 2 is 1.92 bits per heavy atom. The lowest BCUT2D eigenvalue weighted by atomic mass is 10.1. The molecule has 0 aromatic heterocycles. The summed E-state index contributed by atoms with van der Waals surface area (Å²) in [5.74, 6) is 0.917. The Morgan fingerprint density at radius 3 is 2.38 bits per heavy atom. The molecule has 0 spiro atoms. The Balaban J connectivity index is 3.25.